The van der Waals surface area contributed by atoms with Crippen LogP contribution in [0.5, 0.6) is 5.88 Å². The molecule has 152 valence electrons. The van der Waals surface area contributed by atoms with Crippen LogP contribution in [0, 0.1) is 4.77 Å². The molecule has 10 nitrogen and oxygen atoms in total. The highest BCUT2D eigenvalue weighted by molar-refractivity contribution is 7.80. The summed E-state index contributed by atoms with van der Waals surface area (Å²) >= 11 is 9.79. The summed E-state index contributed by atoms with van der Waals surface area (Å²) in [6, 6.07) is 5.45. The second-order valence-corrected chi connectivity index (χ2v) is 6.66. The average molecular weight is 444 g/mol. The van der Waals surface area contributed by atoms with Crippen LogP contribution in [0.4, 0.5) is 0 Å². The van der Waals surface area contributed by atoms with Crippen molar-refractivity contribution in [2.45, 2.75) is 0 Å². The number of allylic oxidation sites excluding steroid dienone is 2. The molecule has 2 aromatic rings. The Bertz CT molecular complexity index is 1250. The molecule has 2 heterocycles. The summed E-state index contributed by atoms with van der Waals surface area (Å²) in [6.45, 7) is 0. The number of carboxylic acids is 1. The van der Waals surface area contributed by atoms with Crippen LogP contribution in [-0.4, -0.2) is 42.7 Å². The van der Waals surface area contributed by atoms with Gasteiger partial charge in [-0.15, -0.1) is 0 Å². The lowest BCUT2D eigenvalue weighted by Gasteiger charge is -2.15. The maximum Gasteiger partial charge on any atom is 0.335 e. The molecule has 0 atom stereocenters. The molecule has 0 bridgehead atoms. The van der Waals surface area contributed by atoms with Crippen LogP contribution in [0.1, 0.15) is 15.9 Å². The second kappa shape index (κ2) is 8.23. The maximum absolute atomic E-state index is 12.2. The van der Waals surface area contributed by atoms with Gasteiger partial charge >= 0.3 is 5.97 Å². The first kappa shape index (κ1) is 20.8. The zero-order chi connectivity index (χ0) is 22.0. The van der Waals surface area contributed by atoms with E-state index in [1.165, 1.54) is 36.4 Å². The molecule has 0 aliphatic carbocycles. The number of carboxylic acid groups (broad SMARTS) is 1. The molecular weight excluding hydrogens is 432 g/mol. The molecule has 0 saturated carbocycles. The minimum Gasteiger partial charge on any atom is -0.494 e. The van der Waals surface area contributed by atoms with Crippen molar-refractivity contribution in [1.29, 1.82) is 0 Å². The molecule has 1 aromatic heterocycles. The van der Waals surface area contributed by atoms with Gasteiger partial charge in [0, 0.05) is 0 Å². The van der Waals surface area contributed by atoms with Crippen molar-refractivity contribution in [2.24, 2.45) is 0 Å². The van der Waals surface area contributed by atoms with Gasteiger partial charge in [-0.25, -0.2) is 4.79 Å². The lowest BCUT2D eigenvalue weighted by molar-refractivity contribution is -0.123. The topological polar surface area (TPSA) is 154 Å². The number of aromatic amines is 1. The Labute approximate surface area is 178 Å². The Morgan fingerprint density at radius 2 is 1.63 bits per heavy atom. The lowest BCUT2D eigenvalue weighted by Crippen LogP contribution is -2.51. The van der Waals surface area contributed by atoms with Gasteiger partial charge in [0.25, 0.3) is 17.4 Å². The Morgan fingerprint density at radius 1 is 1.03 bits per heavy atom. The minimum atomic E-state index is -1.12. The summed E-state index contributed by atoms with van der Waals surface area (Å²) < 4.78 is 1.02. The van der Waals surface area contributed by atoms with Gasteiger partial charge in [0.15, 0.2) is 9.88 Å². The van der Waals surface area contributed by atoms with E-state index in [1.807, 2.05) is 0 Å². The van der Waals surface area contributed by atoms with E-state index in [0.717, 1.165) is 10.6 Å². The van der Waals surface area contributed by atoms with Crippen molar-refractivity contribution in [3.05, 3.63) is 68.2 Å². The number of carbonyl (C=O) groups excluding carboxylic acids is 2. The van der Waals surface area contributed by atoms with Gasteiger partial charge in [-0.05, 0) is 60.9 Å². The number of aromatic nitrogens is 2. The number of hydrogen-bond acceptors (Lipinski definition) is 7. The molecule has 1 aromatic carbocycles. The van der Waals surface area contributed by atoms with Gasteiger partial charge < -0.3 is 10.2 Å². The zero-order valence-electron chi connectivity index (χ0n) is 14.8. The molecular formula is C18H12N4O6S2. The van der Waals surface area contributed by atoms with Crippen molar-refractivity contribution < 1.29 is 24.6 Å². The average Bonchev–Trinajstić information content (AvgIpc) is 2.66. The molecule has 5 N–H and O–H groups in total. The third kappa shape index (κ3) is 4.09. The summed E-state index contributed by atoms with van der Waals surface area (Å²) in [5, 5.41) is 24.0. The van der Waals surface area contributed by atoms with E-state index >= 15 is 0 Å². The van der Waals surface area contributed by atoms with Gasteiger partial charge in [-0.1, -0.05) is 6.08 Å². The van der Waals surface area contributed by atoms with Gasteiger partial charge in [-0.3, -0.25) is 34.6 Å². The van der Waals surface area contributed by atoms with Crippen LogP contribution < -0.4 is 16.2 Å². The van der Waals surface area contributed by atoms with Gasteiger partial charge in [-0.2, -0.15) is 0 Å². The fraction of sp³-hybridized carbons (Fsp3) is 0. The number of aromatic carboxylic acids is 1. The van der Waals surface area contributed by atoms with Crippen LogP contribution in [0.25, 0.3) is 11.8 Å². The highest BCUT2D eigenvalue weighted by atomic mass is 32.1. The SMILES string of the molecule is O=C1NC(=S)NC(=O)C1=C/C=C\c1c(O)n(-c2ccc(C(=O)O)cc2)c(=S)[nH]c1=O. The number of rotatable bonds is 4. The Balaban J connectivity index is 2.01. The number of hydrogen-bond donors (Lipinski definition) is 5. The van der Waals surface area contributed by atoms with Crippen molar-refractivity contribution in [3.63, 3.8) is 0 Å². The van der Waals surface area contributed by atoms with Crippen LogP contribution in [0.15, 0.2) is 46.8 Å². The van der Waals surface area contributed by atoms with Crippen molar-refractivity contribution in [3.8, 4) is 11.6 Å². The number of benzene rings is 1. The van der Waals surface area contributed by atoms with Gasteiger partial charge in [0.05, 0.1) is 11.3 Å². The quantitative estimate of drug-likeness (QED) is 0.263. The Kier molecular flexibility index (Phi) is 5.71. The summed E-state index contributed by atoms with van der Waals surface area (Å²) in [7, 11) is 0. The molecule has 1 aliphatic heterocycles. The lowest BCUT2D eigenvalue weighted by atomic mass is 10.1. The first-order chi connectivity index (χ1) is 14.2. The first-order valence-electron chi connectivity index (χ1n) is 8.16. The molecule has 1 saturated heterocycles. The molecule has 1 aliphatic rings. The Morgan fingerprint density at radius 3 is 2.20 bits per heavy atom. The fourth-order valence-electron chi connectivity index (χ4n) is 2.55. The number of nitrogens with one attached hydrogen (secondary N) is 3. The summed E-state index contributed by atoms with van der Waals surface area (Å²) in [5.74, 6) is -3.05. The predicted octanol–water partition coefficient (Wildman–Crippen LogP) is 0.769. The number of H-pyrrole nitrogens is 1. The number of nitrogens with zero attached hydrogens (tertiary/aromatic N) is 1. The normalized spacial score (nSPS) is 13.9. The molecule has 0 spiro atoms. The van der Waals surface area contributed by atoms with Gasteiger partial charge in [0.1, 0.15) is 11.1 Å². The first-order valence-corrected chi connectivity index (χ1v) is 8.97. The highest BCUT2D eigenvalue weighted by Gasteiger charge is 2.24. The fourth-order valence-corrected chi connectivity index (χ4v) is 3.02. The summed E-state index contributed by atoms with van der Waals surface area (Å²) in [6.07, 6.45) is 3.57. The van der Waals surface area contributed by atoms with Gasteiger partial charge in [0.2, 0.25) is 5.88 Å². The summed E-state index contributed by atoms with van der Waals surface area (Å²) in [4.78, 5) is 49.2. The molecule has 30 heavy (non-hydrogen) atoms. The van der Waals surface area contributed by atoms with E-state index in [2.05, 4.69) is 15.6 Å². The molecule has 12 heteroatoms. The van der Waals surface area contributed by atoms with Crippen LogP contribution in [0.3, 0.4) is 0 Å². The summed E-state index contributed by atoms with van der Waals surface area (Å²) in [5.41, 5.74) is -0.803. The largest absolute Gasteiger partial charge is 0.494 e. The molecule has 3 rings (SSSR count). The third-order valence-electron chi connectivity index (χ3n) is 3.96. The number of amides is 2. The smallest absolute Gasteiger partial charge is 0.335 e. The van der Waals surface area contributed by atoms with Crippen molar-refractivity contribution in [1.82, 2.24) is 20.2 Å². The van der Waals surface area contributed by atoms with Crippen LogP contribution in [0.2, 0.25) is 0 Å². The second-order valence-electron chi connectivity index (χ2n) is 5.86. The molecule has 1 fully saturated rings. The van der Waals surface area contributed by atoms with Crippen molar-refractivity contribution >= 4 is 53.4 Å². The maximum atomic E-state index is 12.2. The predicted molar refractivity (Wildman–Crippen MR) is 112 cm³/mol. The van der Waals surface area contributed by atoms with E-state index in [-0.39, 0.29) is 26.6 Å². The monoisotopic (exact) mass is 444 g/mol. The molecule has 0 unspecified atom stereocenters. The van der Waals surface area contributed by atoms with E-state index in [9.17, 15) is 24.3 Å². The van der Waals surface area contributed by atoms with E-state index in [4.69, 9.17) is 29.5 Å². The van der Waals surface area contributed by atoms with Crippen LogP contribution in [-0.2, 0) is 9.59 Å². The van der Waals surface area contributed by atoms with E-state index in [1.54, 1.807) is 0 Å². The molecule has 0 radical (unpaired) electrons. The number of carbonyl (C=O) groups is 3. The zero-order valence-corrected chi connectivity index (χ0v) is 16.5. The number of thiocarbonyl (C=S) groups is 1. The highest BCUT2D eigenvalue weighted by Crippen LogP contribution is 2.21. The van der Waals surface area contributed by atoms with E-state index in [0.29, 0.717) is 5.69 Å². The third-order valence-corrected chi connectivity index (χ3v) is 4.45. The van der Waals surface area contributed by atoms with Crippen LogP contribution >= 0.6 is 24.4 Å². The molecule has 2 amide bonds. The van der Waals surface area contributed by atoms with E-state index < -0.39 is 29.2 Å². The Hall–Kier alpha value is -3.90. The van der Waals surface area contributed by atoms with Crippen molar-refractivity contribution in [2.75, 3.05) is 0 Å². The number of aromatic hydroxyl groups is 1. The standard InChI is InChI=1S/C18H12N4O6S2/c23-12-10(13(24)20-17(29)19-12)2-1-3-11-14(25)21-18(30)22(15(11)26)9-6-4-8(5-7-9)16(27)28/h1-7,26H,(H,27,28)(H,21,25,30)(H2,19,20,23,24,29)/b3-1-. The minimum absolute atomic E-state index is 0.0319.